The number of benzene rings is 3. The van der Waals surface area contributed by atoms with Crippen molar-refractivity contribution in [1.82, 2.24) is 4.98 Å². The summed E-state index contributed by atoms with van der Waals surface area (Å²) in [4.78, 5) is 17.1. The first-order valence-electron chi connectivity index (χ1n) is 10.5. The van der Waals surface area contributed by atoms with E-state index in [1.807, 2.05) is 18.4 Å². The van der Waals surface area contributed by atoms with Gasteiger partial charge in [-0.15, -0.1) is 11.3 Å². The van der Waals surface area contributed by atoms with E-state index in [0.29, 0.717) is 43.8 Å². The first-order valence-corrected chi connectivity index (χ1v) is 12.9. The van der Waals surface area contributed by atoms with Gasteiger partial charge < -0.3 is 9.47 Å². The number of nitrogens with one attached hydrogen (secondary N) is 1. The fourth-order valence-electron chi connectivity index (χ4n) is 3.08. The zero-order valence-electron chi connectivity index (χ0n) is 18.6. The Balaban J connectivity index is 1.45. The van der Waals surface area contributed by atoms with E-state index in [4.69, 9.17) is 55.9 Å². The Hall–Kier alpha value is -2.81. The van der Waals surface area contributed by atoms with E-state index >= 15 is 0 Å². The molecule has 0 amide bonds. The van der Waals surface area contributed by atoms with Gasteiger partial charge in [0.15, 0.2) is 11.5 Å². The molecule has 184 valence electrons. The van der Waals surface area contributed by atoms with Gasteiger partial charge in [-0.2, -0.15) is 5.10 Å². The number of rotatable bonds is 8. The lowest BCUT2D eigenvalue weighted by molar-refractivity contribution is 0.0728. The fraction of sp³-hybridized carbons (Fsp3) is 0.0800. The molecule has 0 unspecified atom stereocenters. The van der Waals surface area contributed by atoms with Crippen molar-refractivity contribution in [3.8, 4) is 22.8 Å². The van der Waals surface area contributed by atoms with Crippen LogP contribution in [0.15, 0.2) is 65.1 Å². The standard InChI is InChI=1S/C25H17Cl4N3O3S/c1-2-34-23-9-14(3-8-22(23)35-24(33)18-7-5-16(27)11-20(18)29)12-30-32-25-31-21(13-36-25)17-6-4-15(26)10-19(17)28/h3-13H,2H2,1H3,(H,31,32)/b30-12+. The Labute approximate surface area is 231 Å². The second-order valence-corrected chi connectivity index (χ2v) is 9.73. The van der Waals surface area contributed by atoms with Crippen molar-refractivity contribution < 1.29 is 14.3 Å². The topological polar surface area (TPSA) is 72.8 Å². The molecule has 11 heteroatoms. The molecule has 0 fully saturated rings. The highest BCUT2D eigenvalue weighted by Crippen LogP contribution is 2.33. The summed E-state index contributed by atoms with van der Waals surface area (Å²) in [6.45, 7) is 2.21. The molecule has 6 nitrogen and oxygen atoms in total. The summed E-state index contributed by atoms with van der Waals surface area (Å²) in [7, 11) is 0. The number of ether oxygens (including phenoxy) is 2. The number of thiazole rings is 1. The van der Waals surface area contributed by atoms with Crippen LogP contribution in [0.2, 0.25) is 20.1 Å². The highest BCUT2D eigenvalue weighted by Gasteiger charge is 2.16. The Morgan fingerprint density at radius 1 is 1.00 bits per heavy atom. The molecule has 0 saturated carbocycles. The molecule has 4 aromatic rings. The number of carbonyl (C=O) groups excluding carboxylic acids is 1. The number of hydrazone groups is 1. The molecular formula is C25H17Cl4N3O3S. The molecule has 0 aliphatic rings. The van der Waals surface area contributed by atoms with Crippen LogP contribution in [0.3, 0.4) is 0 Å². The van der Waals surface area contributed by atoms with Crippen LogP contribution in [0.25, 0.3) is 11.3 Å². The number of halogens is 4. The van der Waals surface area contributed by atoms with Crippen molar-refractivity contribution >= 4 is 75.1 Å². The van der Waals surface area contributed by atoms with Gasteiger partial charge in [-0.1, -0.05) is 46.4 Å². The summed E-state index contributed by atoms with van der Waals surface area (Å²) >= 11 is 25.6. The molecule has 36 heavy (non-hydrogen) atoms. The zero-order chi connectivity index (χ0) is 25.7. The van der Waals surface area contributed by atoms with E-state index in [0.717, 1.165) is 5.56 Å². The van der Waals surface area contributed by atoms with Gasteiger partial charge in [-0.05, 0) is 67.1 Å². The number of anilines is 1. The van der Waals surface area contributed by atoms with E-state index in [1.54, 1.807) is 42.6 Å². The van der Waals surface area contributed by atoms with Gasteiger partial charge in [0.1, 0.15) is 0 Å². The first kappa shape index (κ1) is 26.3. The Kier molecular flexibility index (Phi) is 8.72. The largest absolute Gasteiger partial charge is 0.490 e. The molecule has 0 bridgehead atoms. The minimum atomic E-state index is -0.624. The number of aromatic nitrogens is 1. The fourth-order valence-corrected chi connectivity index (χ4v) is 4.73. The van der Waals surface area contributed by atoms with Gasteiger partial charge >= 0.3 is 5.97 Å². The van der Waals surface area contributed by atoms with Crippen LogP contribution in [-0.2, 0) is 0 Å². The van der Waals surface area contributed by atoms with Crippen molar-refractivity contribution in [2.45, 2.75) is 6.92 Å². The minimum Gasteiger partial charge on any atom is -0.490 e. The van der Waals surface area contributed by atoms with E-state index in [2.05, 4.69) is 15.5 Å². The smallest absolute Gasteiger partial charge is 0.345 e. The third kappa shape index (κ3) is 6.49. The molecule has 1 aromatic heterocycles. The summed E-state index contributed by atoms with van der Waals surface area (Å²) in [6, 6.07) is 14.9. The number of hydrogen-bond acceptors (Lipinski definition) is 7. The molecule has 1 heterocycles. The van der Waals surface area contributed by atoms with Gasteiger partial charge in [-0.25, -0.2) is 9.78 Å². The normalized spacial score (nSPS) is 11.0. The molecule has 0 atom stereocenters. The molecule has 4 rings (SSSR count). The Morgan fingerprint density at radius 2 is 1.75 bits per heavy atom. The number of nitrogens with zero attached hydrogens (tertiary/aromatic N) is 2. The highest BCUT2D eigenvalue weighted by molar-refractivity contribution is 7.14. The second kappa shape index (κ2) is 12.0. The zero-order valence-corrected chi connectivity index (χ0v) is 22.4. The average Bonchev–Trinajstić information content (AvgIpc) is 3.29. The number of esters is 1. The SMILES string of the molecule is CCOc1cc(/C=N/Nc2nc(-c3ccc(Cl)cc3Cl)cs2)ccc1OC(=O)c1ccc(Cl)cc1Cl. The Morgan fingerprint density at radius 3 is 2.47 bits per heavy atom. The number of carbonyl (C=O) groups is 1. The predicted molar refractivity (Wildman–Crippen MR) is 148 cm³/mol. The van der Waals surface area contributed by atoms with Crippen molar-refractivity contribution in [2.75, 3.05) is 12.0 Å². The van der Waals surface area contributed by atoms with Crippen LogP contribution < -0.4 is 14.9 Å². The van der Waals surface area contributed by atoms with E-state index in [1.165, 1.54) is 23.5 Å². The molecular weight excluding hydrogens is 564 g/mol. The maximum Gasteiger partial charge on any atom is 0.345 e. The maximum absolute atomic E-state index is 12.6. The van der Waals surface area contributed by atoms with Gasteiger partial charge in [0.2, 0.25) is 5.13 Å². The quantitative estimate of drug-likeness (QED) is 0.0978. The summed E-state index contributed by atoms with van der Waals surface area (Å²) < 4.78 is 11.2. The van der Waals surface area contributed by atoms with Gasteiger partial charge in [0.05, 0.1) is 34.1 Å². The van der Waals surface area contributed by atoms with Gasteiger partial charge in [0, 0.05) is 21.0 Å². The molecule has 0 radical (unpaired) electrons. The van der Waals surface area contributed by atoms with Crippen molar-refractivity contribution in [3.05, 3.63) is 91.2 Å². The summed E-state index contributed by atoms with van der Waals surface area (Å²) in [5.41, 5.74) is 5.30. The Bertz CT molecular complexity index is 1440. The summed E-state index contributed by atoms with van der Waals surface area (Å²) in [5, 5.41) is 8.40. The lowest BCUT2D eigenvalue weighted by atomic mass is 10.2. The molecule has 1 N–H and O–H groups in total. The predicted octanol–water partition coefficient (Wildman–Crippen LogP) is 8.49. The van der Waals surface area contributed by atoms with E-state index in [-0.39, 0.29) is 16.3 Å². The van der Waals surface area contributed by atoms with Crippen LogP contribution in [0.1, 0.15) is 22.8 Å². The van der Waals surface area contributed by atoms with E-state index in [9.17, 15) is 4.79 Å². The molecule has 3 aromatic carbocycles. The number of hydrogen-bond donors (Lipinski definition) is 1. The van der Waals surface area contributed by atoms with Crippen molar-refractivity contribution in [1.29, 1.82) is 0 Å². The van der Waals surface area contributed by atoms with Gasteiger partial charge in [0.25, 0.3) is 0 Å². The third-order valence-electron chi connectivity index (χ3n) is 4.71. The second-order valence-electron chi connectivity index (χ2n) is 7.18. The van der Waals surface area contributed by atoms with Crippen molar-refractivity contribution in [2.24, 2.45) is 5.10 Å². The van der Waals surface area contributed by atoms with Crippen LogP contribution in [0, 0.1) is 0 Å². The first-order chi connectivity index (χ1) is 17.3. The van der Waals surface area contributed by atoms with E-state index < -0.39 is 5.97 Å². The molecule has 0 spiro atoms. The summed E-state index contributed by atoms with van der Waals surface area (Å²) in [5.74, 6) is 0.0113. The minimum absolute atomic E-state index is 0.195. The van der Waals surface area contributed by atoms with Crippen LogP contribution in [0.5, 0.6) is 11.5 Å². The third-order valence-corrected chi connectivity index (χ3v) is 6.55. The van der Waals surface area contributed by atoms with Crippen LogP contribution in [0.4, 0.5) is 5.13 Å². The monoisotopic (exact) mass is 579 g/mol. The average molecular weight is 581 g/mol. The summed E-state index contributed by atoms with van der Waals surface area (Å²) in [6.07, 6.45) is 1.60. The van der Waals surface area contributed by atoms with Crippen LogP contribution >= 0.6 is 57.7 Å². The maximum atomic E-state index is 12.6. The highest BCUT2D eigenvalue weighted by atomic mass is 35.5. The lowest BCUT2D eigenvalue weighted by Gasteiger charge is -2.12. The molecule has 0 aliphatic carbocycles. The van der Waals surface area contributed by atoms with Crippen LogP contribution in [-0.4, -0.2) is 23.8 Å². The van der Waals surface area contributed by atoms with Crippen molar-refractivity contribution in [3.63, 3.8) is 0 Å². The molecule has 0 aliphatic heterocycles. The molecule has 0 saturated heterocycles. The van der Waals surface area contributed by atoms with Gasteiger partial charge in [-0.3, -0.25) is 5.43 Å². The lowest BCUT2D eigenvalue weighted by Crippen LogP contribution is -2.10.